The normalized spacial score (nSPS) is 23.9. The largest absolute Gasteiger partial charge is 0.489 e. The highest BCUT2D eigenvalue weighted by Gasteiger charge is 2.50. The molecule has 2 atom stereocenters. The lowest BCUT2D eigenvalue weighted by Gasteiger charge is -2.46. The molecular formula is C23H25FN2O4. The fourth-order valence-corrected chi connectivity index (χ4v) is 4.27. The Hall–Kier alpha value is -2.93. The van der Waals surface area contributed by atoms with Gasteiger partial charge in [-0.2, -0.15) is 0 Å². The number of nitrogens with one attached hydrogen (secondary N) is 1. The molecule has 2 aromatic carbocycles. The summed E-state index contributed by atoms with van der Waals surface area (Å²) in [7, 11) is 0. The molecule has 2 N–H and O–H groups in total. The van der Waals surface area contributed by atoms with Crippen LogP contribution in [0.2, 0.25) is 0 Å². The number of amides is 2. The van der Waals surface area contributed by atoms with Crippen molar-refractivity contribution in [1.82, 2.24) is 10.2 Å². The summed E-state index contributed by atoms with van der Waals surface area (Å²) in [5.74, 6) is -0.139. The van der Waals surface area contributed by atoms with E-state index in [1.165, 1.54) is 6.07 Å². The Morgan fingerprint density at radius 1 is 1.23 bits per heavy atom. The van der Waals surface area contributed by atoms with E-state index in [2.05, 4.69) is 5.32 Å². The molecule has 6 nitrogen and oxygen atoms in total. The summed E-state index contributed by atoms with van der Waals surface area (Å²) in [6.07, 6.45) is 1.00. The number of carbonyl (C=O) groups excluding carboxylic acids is 2. The van der Waals surface area contributed by atoms with E-state index in [-0.39, 0.29) is 30.8 Å². The Morgan fingerprint density at radius 2 is 2.00 bits per heavy atom. The van der Waals surface area contributed by atoms with Crippen molar-refractivity contribution < 1.29 is 23.8 Å². The van der Waals surface area contributed by atoms with Crippen LogP contribution in [0.15, 0.2) is 48.5 Å². The molecule has 1 spiro atoms. The fourth-order valence-electron chi connectivity index (χ4n) is 4.27. The SMILES string of the molecule is O=C(c1ccc(OCc2ccccc2F)cc1)N1CC[C@@H](O)[C@@]2(CCCNC2=O)C1. The van der Waals surface area contributed by atoms with Crippen LogP contribution in [0.1, 0.15) is 35.2 Å². The van der Waals surface area contributed by atoms with Crippen molar-refractivity contribution >= 4 is 11.8 Å². The summed E-state index contributed by atoms with van der Waals surface area (Å²) < 4.78 is 19.3. The summed E-state index contributed by atoms with van der Waals surface area (Å²) in [6, 6.07) is 13.1. The quantitative estimate of drug-likeness (QED) is 0.809. The van der Waals surface area contributed by atoms with Gasteiger partial charge in [-0.1, -0.05) is 18.2 Å². The van der Waals surface area contributed by atoms with Crippen molar-refractivity contribution in [1.29, 1.82) is 0 Å². The van der Waals surface area contributed by atoms with Gasteiger partial charge in [0, 0.05) is 30.8 Å². The van der Waals surface area contributed by atoms with Crippen LogP contribution in [0.3, 0.4) is 0 Å². The van der Waals surface area contributed by atoms with E-state index in [9.17, 15) is 19.1 Å². The molecule has 2 amide bonds. The molecule has 2 saturated heterocycles. The van der Waals surface area contributed by atoms with E-state index in [0.717, 1.165) is 6.42 Å². The van der Waals surface area contributed by atoms with Crippen LogP contribution in [0.25, 0.3) is 0 Å². The van der Waals surface area contributed by atoms with Crippen LogP contribution in [0, 0.1) is 11.2 Å². The molecule has 7 heteroatoms. The highest BCUT2D eigenvalue weighted by Crippen LogP contribution is 2.37. The number of ether oxygens (including phenoxy) is 1. The number of halogens is 1. The lowest BCUT2D eigenvalue weighted by Crippen LogP contribution is -2.62. The summed E-state index contributed by atoms with van der Waals surface area (Å²) in [6.45, 7) is 1.32. The van der Waals surface area contributed by atoms with Gasteiger partial charge in [0.05, 0.1) is 11.5 Å². The summed E-state index contributed by atoms with van der Waals surface area (Å²) in [5, 5.41) is 13.3. The third kappa shape index (κ3) is 3.89. The number of nitrogens with zero attached hydrogens (tertiary/aromatic N) is 1. The molecular weight excluding hydrogens is 387 g/mol. The van der Waals surface area contributed by atoms with Gasteiger partial charge in [-0.15, -0.1) is 0 Å². The van der Waals surface area contributed by atoms with E-state index in [0.29, 0.717) is 42.8 Å². The maximum absolute atomic E-state index is 13.7. The Morgan fingerprint density at radius 3 is 2.73 bits per heavy atom. The minimum absolute atomic E-state index is 0.0988. The van der Waals surface area contributed by atoms with Crippen molar-refractivity contribution in [2.24, 2.45) is 5.41 Å². The van der Waals surface area contributed by atoms with E-state index in [1.807, 2.05) is 0 Å². The number of benzene rings is 2. The van der Waals surface area contributed by atoms with Gasteiger partial charge in [-0.3, -0.25) is 9.59 Å². The molecule has 0 aromatic heterocycles. The number of aliphatic hydroxyl groups is 1. The first-order valence-electron chi connectivity index (χ1n) is 10.2. The number of aliphatic hydroxyl groups excluding tert-OH is 1. The highest BCUT2D eigenvalue weighted by atomic mass is 19.1. The van der Waals surface area contributed by atoms with Gasteiger partial charge in [-0.05, 0) is 49.6 Å². The number of piperidine rings is 2. The number of carbonyl (C=O) groups is 2. The molecule has 2 fully saturated rings. The second kappa shape index (κ2) is 8.44. The van der Waals surface area contributed by atoms with Crippen molar-refractivity contribution in [2.75, 3.05) is 19.6 Å². The number of hydrogen-bond donors (Lipinski definition) is 2. The van der Waals surface area contributed by atoms with Crippen LogP contribution in [0.4, 0.5) is 4.39 Å². The number of likely N-dealkylation sites (tertiary alicyclic amines) is 1. The molecule has 0 unspecified atom stereocenters. The van der Waals surface area contributed by atoms with Crippen LogP contribution < -0.4 is 10.1 Å². The van der Waals surface area contributed by atoms with Gasteiger partial charge in [0.2, 0.25) is 5.91 Å². The Labute approximate surface area is 174 Å². The van der Waals surface area contributed by atoms with E-state index in [1.54, 1.807) is 47.4 Å². The molecule has 0 saturated carbocycles. The predicted octanol–water partition coefficient (Wildman–Crippen LogP) is 2.51. The number of rotatable bonds is 4. The second-order valence-corrected chi connectivity index (χ2v) is 7.95. The average Bonchev–Trinajstić information content (AvgIpc) is 2.77. The van der Waals surface area contributed by atoms with Crippen LogP contribution in [-0.4, -0.2) is 47.6 Å². The first kappa shape index (κ1) is 20.3. The fraction of sp³-hybridized carbons (Fsp3) is 0.391. The van der Waals surface area contributed by atoms with Crippen LogP contribution >= 0.6 is 0 Å². The lowest BCUT2D eigenvalue weighted by atomic mass is 9.71. The van der Waals surface area contributed by atoms with Crippen molar-refractivity contribution in [3.8, 4) is 5.75 Å². The smallest absolute Gasteiger partial charge is 0.253 e. The molecule has 2 aromatic rings. The monoisotopic (exact) mass is 412 g/mol. The van der Waals surface area contributed by atoms with Gasteiger partial charge in [0.25, 0.3) is 5.91 Å². The molecule has 2 heterocycles. The zero-order valence-corrected chi connectivity index (χ0v) is 16.6. The third-order valence-corrected chi connectivity index (χ3v) is 6.06. The third-order valence-electron chi connectivity index (χ3n) is 6.06. The van der Waals surface area contributed by atoms with Gasteiger partial charge >= 0.3 is 0 Å². The maximum Gasteiger partial charge on any atom is 0.253 e. The predicted molar refractivity (Wildman–Crippen MR) is 108 cm³/mol. The zero-order valence-electron chi connectivity index (χ0n) is 16.6. The minimum Gasteiger partial charge on any atom is -0.489 e. The van der Waals surface area contributed by atoms with Gasteiger partial charge in [0.15, 0.2) is 0 Å². The zero-order chi connectivity index (χ0) is 21.1. The van der Waals surface area contributed by atoms with E-state index >= 15 is 0 Å². The van der Waals surface area contributed by atoms with E-state index in [4.69, 9.17) is 4.74 Å². The van der Waals surface area contributed by atoms with Crippen LogP contribution in [-0.2, 0) is 11.4 Å². The highest BCUT2D eigenvalue weighted by molar-refractivity contribution is 5.95. The van der Waals surface area contributed by atoms with Crippen molar-refractivity contribution in [3.05, 3.63) is 65.5 Å². The standard InChI is InChI=1S/C23H25FN2O4/c24-19-5-2-1-4-17(19)14-30-18-8-6-16(7-9-18)21(28)26-13-10-20(27)23(15-26)11-3-12-25-22(23)29/h1-2,4-9,20,27H,3,10-15H2,(H,25,29)/t20-,23-/m1/s1. The molecule has 30 heavy (non-hydrogen) atoms. The topological polar surface area (TPSA) is 78.9 Å². The Bertz CT molecular complexity index is 933. The molecule has 0 aliphatic carbocycles. The van der Waals surface area contributed by atoms with E-state index < -0.39 is 11.5 Å². The summed E-state index contributed by atoms with van der Waals surface area (Å²) in [5.41, 5.74) is 0.0196. The molecule has 0 bridgehead atoms. The molecule has 158 valence electrons. The molecule has 2 aliphatic heterocycles. The minimum atomic E-state index is -0.922. The lowest BCUT2D eigenvalue weighted by molar-refractivity contribution is -0.147. The van der Waals surface area contributed by atoms with Crippen molar-refractivity contribution in [2.45, 2.75) is 32.0 Å². The Balaban J connectivity index is 1.42. The van der Waals surface area contributed by atoms with Gasteiger partial charge in [-0.25, -0.2) is 4.39 Å². The molecule has 2 aliphatic rings. The van der Waals surface area contributed by atoms with Gasteiger partial charge < -0.3 is 20.1 Å². The Kier molecular flexibility index (Phi) is 5.72. The summed E-state index contributed by atoms with van der Waals surface area (Å²) in [4.78, 5) is 27.1. The first-order chi connectivity index (χ1) is 14.5. The molecule has 4 rings (SSSR count). The second-order valence-electron chi connectivity index (χ2n) is 7.95. The number of hydrogen-bond acceptors (Lipinski definition) is 4. The first-order valence-corrected chi connectivity index (χ1v) is 10.2. The molecule has 0 radical (unpaired) electrons. The van der Waals surface area contributed by atoms with Crippen LogP contribution in [0.5, 0.6) is 5.75 Å². The maximum atomic E-state index is 13.7. The van der Waals surface area contributed by atoms with Gasteiger partial charge in [0.1, 0.15) is 18.2 Å². The van der Waals surface area contributed by atoms with Crippen molar-refractivity contribution in [3.63, 3.8) is 0 Å². The average molecular weight is 412 g/mol. The summed E-state index contributed by atoms with van der Waals surface area (Å²) >= 11 is 0.